The summed E-state index contributed by atoms with van der Waals surface area (Å²) in [5.41, 5.74) is 1.32. The third kappa shape index (κ3) is 2.28. The zero-order valence-electron chi connectivity index (χ0n) is 13.0. The molecule has 23 heavy (non-hydrogen) atoms. The molecule has 3 atom stereocenters. The first-order valence-electron chi connectivity index (χ1n) is 8.40. The number of para-hydroxylation sites is 1. The van der Waals surface area contributed by atoms with Crippen molar-refractivity contribution in [2.75, 3.05) is 0 Å². The van der Waals surface area contributed by atoms with E-state index in [4.69, 9.17) is 4.74 Å². The maximum atomic E-state index is 12.6. The average Bonchev–Trinajstić information content (AvgIpc) is 2.54. The van der Waals surface area contributed by atoms with Crippen LogP contribution in [0.25, 0.3) is 0 Å². The van der Waals surface area contributed by atoms with Crippen molar-refractivity contribution in [3.05, 3.63) is 41.2 Å². The van der Waals surface area contributed by atoms with Crippen LogP contribution in [0.1, 0.15) is 50.0 Å². The Hall–Kier alpha value is -2.10. The first-order chi connectivity index (χ1) is 11.2. The molecule has 1 saturated carbocycles. The van der Waals surface area contributed by atoms with Gasteiger partial charge in [-0.2, -0.15) is 0 Å². The van der Waals surface area contributed by atoms with Gasteiger partial charge in [0.05, 0.1) is 11.7 Å². The first kappa shape index (κ1) is 14.5. The van der Waals surface area contributed by atoms with Crippen molar-refractivity contribution in [3.8, 4) is 5.75 Å². The third-order valence-electron chi connectivity index (χ3n) is 5.32. The lowest BCUT2D eigenvalue weighted by molar-refractivity contribution is -0.130. The van der Waals surface area contributed by atoms with Gasteiger partial charge in [0.15, 0.2) is 5.78 Å². The van der Waals surface area contributed by atoms with E-state index in [9.17, 15) is 14.7 Å². The molecule has 1 aliphatic heterocycles. The van der Waals surface area contributed by atoms with Crippen molar-refractivity contribution < 1.29 is 19.4 Å². The summed E-state index contributed by atoms with van der Waals surface area (Å²) in [5, 5.41) is 10.4. The van der Waals surface area contributed by atoms with Gasteiger partial charge >= 0.3 is 0 Å². The third-order valence-corrected chi connectivity index (χ3v) is 5.32. The fourth-order valence-corrected chi connectivity index (χ4v) is 4.30. The van der Waals surface area contributed by atoms with Crippen LogP contribution in [0.4, 0.5) is 0 Å². The number of carbonyl (C=O) groups is 2. The van der Waals surface area contributed by atoms with Crippen LogP contribution in [-0.2, 0) is 9.59 Å². The van der Waals surface area contributed by atoms with Crippen molar-refractivity contribution in [2.24, 2.45) is 5.92 Å². The van der Waals surface area contributed by atoms with Crippen LogP contribution in [-0.4, -0.2) is 22.8 Å². The number of allylic oxidation sites excluding steroid dienone is 2. The fraction of sp³-hybridized carbons (Fsp3) is 0.474. The van der Waals surface area contributed by atoms with Gasteiger partial charge in [-0.05, 0) is 25.3 Å². The number of aliphatic hydroxyl groups excluding tert-OH is 1. The van der Waals surface area contributed by atoms with E-state index in [2.05, 4.69) is 0 Å². The summed E-state index contributed by atoms with van der Waals surface area (Å²) in [4.78, 5) is 25.1. The molecule has 3 aliphatic rings. The monoisotopic (exact) mass is 312 g/mol. The van der Waals surface area contributed by atoms with Crippen molar-refractivity contribution in [1.29, 1.82) is 0 Å². The molecule has 1 aromatic carbocycles. The highest BCUT2D eigenvalue weighted by Crippen LogP contribution is 2.49. The Morgan fingerprint density at radius 1 is 1.04 bits per heavy atom. The second kappa shape index (κ2) is 5.52. The van der Waals surface area contributed by atoms with E-state index in [0.29, 0.717) is 31.3 Å². The zero-order chi connectivity index (χ0) is 16.0. The largest absolute Gasteiger partial charge is 0.512 e. The normalized spacial score (nSPS) is 30.5. The fourth-order valence-electron chi connectivity index (χ4n) is 4.30. The smallest absolute Gasteiger partial charge is 0.162 e. The molecule has 0 aromatic heterocycles. The van der Waals surface area contributed by atoms with E-state index in [1.807, 2.05) is 24.3 Å². The van der Waals surface area contributed by atoms with Gasteiger partial charge in [-0.3, -0.25) is 9.59 Å². The maximum absolute atomic E-state index is 12.6. The summed E-state index contributed by atoms with van der Waals surface area (Å²) in [6.45, 7) is 0. The maximum Gasteiger partial charge on any atom is 0.162 e. The molecule has 1 heterocycles. The number of Topliss-reactive ketones (excluding diaryl/α,β-unsaturated/α-hetero) is 2. The van der Waals surface area contributed by atoms with Crippen molar-refractivity contribution >= 4 is 11.6 Å². The zero-order valence-corrected chi connectivity index (χ0v) is 13.0. The Morgan fingerprint density at radius 2 is 1.87 bits per heavy atom. The van der Waals surface area contributed by atoms with E-state index in [1.165, 1.54) is 0 Å². The van der Waals surface area contributed by atoms with Gasteiger partial charge < -0.3 is 9.84 Å². The summed E-state index contributed by atoms with van der Waals surface area (Å²) in [6.07, 6.45) is 3.65. The van der Waals surface area contributed by atoms with Gasteiger partial charge in [-0.1, -0.05) is 18.2 Å². The number of ketones is 2. The van der Waals surface area contributed by atoms with Gasteiger partial charge in [0.1, 0.15) is 17.6 Å². The van der Waals surface area contributed by atoms with Gasteiger partial charge in [-0.15, -0.1) is 0 Å². The SMILES string of the molecule is O=C1CCCC(O)=C1C1c2ccccc2OC2CCCC(=O)C21. The minimum Gasteiger partial charge on any atom is -0.512 e. The Morgan fingerprint density at radius 3 is 2.70 bits per heavy atom. The van der Waals surface area contributed by atoms with Crippen LogP contribution in [0, 0.1) is 5.92 Å². The Kier molecular flexibility index (Phi) is 3.47. The summed E-state index contributed by atoms with van der Waals surface area (Å²) in [7, 11) is 0. The highest BCUT2D eigenvalue weighted by Gasteiger charge is 2.48. The summed E-state index contributed by atoms with van der Waals surface area (Å²) in [6, 6.07) is 7.61. The second-order valence-corrected chi connectivity index (χ2v) is 6.69. The van der Waals surface area contributed by atoms with Crippen LogP contribution < -0.4 is 4.74 Å². The van der Waals surface area contributed by atoms with Crippen LogP contribution in [0.5, 0.6) is 5.75 Å². The van der Waals surface area contributed by atoms with E-state index in [1.54, 1.807) is 0 Å². The number of carbonyl (C=O) groups excluding carboxylic acids is 2. The lowest BCUT2D eigenvalue weighted by Gasteiger charge is -2.42. The molecular weight excluding hydrogens is 292 g/mol. The first-order valence-corrected chi connectivity index (χ1v) is 8.40. The van der Waals surface area contributed by atoms with Gasteiger partial charge in [0, 0.05) is 36.3 Å². The van der Waals surface area contributed by atoms with E-state index >= 15 is 0 Å². The van der Waals surface area contributed by atoms with Crippen molar-refractivity contribution in [1.82, 2.24) is 0 Å². The minimum atomic E-state index is -0.356. The lowest BCUT2D eigenvalue weighted by Crippen LogP contribution is -2.45. The standard InChI is InChI=1S/C19H20O4/c20-12-6-3-7-13(21)18(12)17-11-5-1-2-9-15(11)23-16-10-4-8-14(22)19(16)17/h1-2,5,9,16-17,19-20H,3-4,6-8,10H2. The molecule has 4 nitrogen and oxygen atoms in total. The molecule has 4 heteroatoms. The lowest BCUT2D eigenvalue weighted by atomic mass is 9.67. The highest BCUT2D eigenvalue weighted by atomic mass is 16.5. The van der Waals surface area contributed by atoms with E-state index in [-0.39, 0.29) is 35.3 Å². The molecule has 0 spiro atoms. The molecule has 120 valence electrons. The van der Waals surface area contributed by atoms with Crippen LogP contribution in [0.3, 0.4) is 0 Å². The molecule has 0 saturated heterocycles. The molecule has 1 aromatic rings. The van der Waals surface area contributed by atoms with Gasteiger partial charge in [0.2, 0.25) is 0 Å². The molecule has 0 amide bonds. The van der Waals surface area contributed by atoms with Gasteiger partial charge in [-0.25, -0.2) is 0 Å². The van der Waals surface area contributed by atoms with Crippen LogP contribution in [0.2, 0.25) is 0 Å². The molecule has 0 bridgehead atoms. The van der Waals surface area contributed by atoms with E-state index in [0.717, 1.165) is 24.2 Å². The molecule has 1 fully saturated rings. The predicted molar refractivity (Wildman–Crippen MR) is 84.5 cm³/mol. The summed E-state index contributed by atoms with van der Waals surface area (Å²) in [5.74, 6) is 0.336. The highest BCUT2D eigenvalue weighted by molar-refractivity contribution is 6.00. The number of aliphatic hydroxyl groups is 1. The van der Waals surface area contributed by atoms with E-state index < -0.39 is 0 Å². The Balaban J connectivity index is 1.90. The number of ether oxygens (including phenoxy) is 1. The topological polar surface area (TPSA) is 63.6 Å². The molecule has 4 rings (SSSR count). The van der Waals surface area contributed by atoms with Crippen LogP contribution >= 0.6 is 0 Å². The average molecular weight is 312 g/mol. The number of rotatable bonds is 1. The van der Waals surface area contributed by atoms with Crippen molar-refractivity contribution in [2.45, 2.75) is 50.5 Å². The molecule has 0 radical (unpaired) electrons. The summed E-state index contributed by atoms with van der Waals surface area (Å²) >= 11 is 0. The quantitative estimate of drug-likeness (QED) is 0.862. The molecular formula is C19H20O4. The molecule has 3 unspecified atom stereocenters. The number of hydrogen-bond donors (Lipinski definition) is 1. The van der Waals surface area contributed by atoms with Crippen molar-refractivity contribution in [3.63, 3.8) is 0 Å². The molecule has 2 aliphatic carbocycles. The predicted octanol–water partition coefficient (Wildman–Crippen LogP) is 3.47. The van der Waals surface area contributed by atoms with Gasteiger partial charge in [0.25, 0.3) is 0 Å². The second-order valence-electron chi connectivity index (χ2n) is 6.69. The minimum absolute atomic E-state index is 0.0208. The summed E-state index contributed by atoms with van der Waals surface area (Å²) < 4.78 is 6.06. The molecule has 1 N–H and O–H groups in total. The number of hydrogen-bond acceptors (Lipinski definition) is 4. The Bertz CT molecular complexity index is 703. The number of fused-ring (bicyclic) bond motifs is 2. The Labute approximate surface area is 135 Å². The number of benzene rings is 1. The van der Waals surface area contributed by atoms with Crippen LogP contribution in [0.15, 0.2) is 35.6 Å².